The molecule has 0 aliphatic heterocycles. The molecular formula is C21H16ClFN4O3. The van der Waals surface area contributed by atoms with Gasteiger partial charge in [-0.05, 0) is 43.2 Å². The molecule has 3 aromatic rings. The van der Waals surface area contributed by atoms with Crippen LogP contribution in [0.5, 0.6) is 0 Å². The number of benzene rings is 2. The van der Waals surface area contributed by atoms with Crippen molar-refractivity contribution in [1.29, 1.82) is 5.26 Å². The maximum atomic E-state index is 13.4. The van der Waals surface area contributed by atoms with Gasteiger partial charge >= 0.3 is 0 Å². The van der Waals surface area contributed by atoms with Crippen LogP contribution in [0.2, 0.25) is 5.02 Å². The van der Waals surface area contributed by atoms with Gasteiger partial charge in [0, 0.05) is 16.7 Å². The molecule has 152 valence electrons. The van der Waals surface area contributed by atoms with E-state index in [1.165, 1.54) is 24.3 Å². The van der Waals surface area contributed by atoms with Crippen LogP contribution in [0.4, 0.5) is 4.39 Å². The van der Waals surface area contributed by atoms with Crippen LogP contribution in [0, 0.1) is 17.1 Å². The molecule has 2 amide bonds. The summed E-state index contributed by atoms with van der Waals surface area (Å²) in [5.41, 5.74) is 0.0466. The minimum Gasteiger partial charge on any atom is -0.440 e. The molecule has 2 N–H and O–H groups in total. The molecule has 0 radical (unpaired) electrons. The predicted octanol–water partition coefficient (Wildman–Crippen LogP) is 3.13. The Morgan fingerprint density at radius 1 is 1.30 bits per heavy atom. The van der Waals surface area contributed by atoms with E-state index in [4.69, 9.17) is 16.0 Å². The first-order valence-electron chi connectivity index (χ1n) is 9.22. The Hall–Kier alpha value is -3.44. The summed E-state index contributed by atoms with van der Waals surface area (Å²) in [5, 5.41) is 15.0. The number of amides is 2. The Balaban J connectivity index is 1.58. The standard InChI is InChI=1S/C21H16ClFN4O3/c22-13-3-1-2-12(8-13)19(28)26-16(20(29)27-21(11-24)6-7-21)10-18-25-15-5-4-14(23)9-17(15)30-18/h1-5,8-9,16H,6-7,10H2,(H,26,28)(H,27,29). The van der Waals surface area contributed by atoms with Crippen molar-refractivity contribution in [3.8, 4) is 6.07 Å². The highest BCUT2D eigenvalue weighted by atomic mass is 35.5. The Bertz CT molecular complexity index is 1180. The van der Waals surface area contributed by atoms with Crippen molar-refractivity contribution in [2.45, 2.75) is 30.8 Å². The third kappa shape index (κ3) is 4.26. The second kappa shape index (κ2) is 7.76. The molecule has 1 saturated carbocycles. The monoisotopic (exact) mass is 426 g/mol. The maximum absolute atomic E-state index is 13.4. The normalized spacial score (nSPS) is 15.2. The van der Waals surface area contributed by atoms with E-state index < -0.39 is 29.2 Å². The van der Waals surface area contributed by atoms with Gasteiger partial charge < -0.3 is 15.1 Å². The lowest BCUT2D eigenvalue weighted by Gasteiger charge is -2.19. The highest BCUT2D eigenvalue weighted by Crippen LogP contribution is 2.34. The number of nitrogens with one attached hydrogen (secondary N) is 2. The summed E-state index contributed by atoms with van der Waals surface area (Å²) in [6, 6.07) is 11.2. The SMILES string of the molecule is N#CC1(NC(=O)C(Cc2nc3ccc(F)cc3o2)NC(=O)c2cccc(Cl)c2)CC1. The number of aromatic nitrogens is 1. The number of oxazole rings is 1. The van der Waals surface area contributed by atoms with Crippen molar-refractivity contribution >= 4 is 34.5 Å². The topological polar surface area (TPSA) is 108 Å². The van der Waals surface area contributed by atoms with Crippen LogP contribution in [-0.4, -0.2) is 28.4 Å². The average molecular weight is 427 g/mol. The number of rotatable bonds is 6. The molecule has 0 spiro atoms. The summed E-state index contributed by atoms with van der Waals surface area (Å²) in [6.45, 7) is 0. The molecule has 1 fully saturated rings. The van der Waals surface area contributed by atoms with Crippen molar-refractivity contribution in [2.24, 2.45) is 0 Å². The summed E-state index contributed by atoms with van der Waals surface area (Å²) in [5.74, 6) is -1.36. The number of fused-ring (bicyclic) bond motifs is 1. The smallest absolute Gasteiger partial charge is 0.251 e. The van der Waals surface area contributed by atoms with E-state index in [0.29, 0.717) is 23.4 Å². The lowest BCUT2D eigenvalue weighted by Crippen LogP contribution is -2.51. The Morgan fingerprint density at radius 3 is 2.80 bits per heavy atom. The fourth-order valence-electron chi connectivity index (χ4n) is 3.00. The van der Waals surface area contributed by atoms with Crippen LogP contribution in [0.15, 0.2) is 46.9 Å². The van der Waals surface area contributed by atoms with E-state index in [1.54, 1.807) is 18.2 Å². The molecular weight excluding hydrogens is 411 g/mol. The number of nitriles is 1. The first-order valence-corrected chi connectivity index (χ1v) is 9.60. The van der Waals surface area contributed by atoms with Crippen LogP contribution < -0.4 is 10.6 Å². The fraction of sp³-hybridized carbons (Fsp3) is 0.238. The van der Waals surface area contributed by atoms with Gasteiger partial charge in [-0.1, -0.05) is 17.7 Å². The zero-order valence-corrected chi connectivity index (χ0v) is 16.4. The number of carbonyl (C=O) groups excluding carboxylic acids is 2. The highest BCUT2D eigenvalue weighted by molar-refractivity contribution is 6.31. The van der Waals surface area contributed by atoms with Crippen LogP contribution in [0.25, 0.3) is 11.1 Å². The van der Waals surface area contributed by atoms with Gasteiger partial charge in [0.05, 0.1) is 12.5 Å². The number of nitrogens with zero attached hydrogens (tertiary/aromatic N) is 2. The largest absolute Gasteiger partial charge is 0.440 e. The van der Waals surface area contributed by atoms with Gasteiger partial charge in [0.1, 0.15) is 22.9 Å². The molecule has 1 aromatic heterocycles. The number of halogens is 2. The number of hydrogen-bond donors (Lipinski definition) is 2. The number of carbonyl (C=O) groups is 2. The molecule has 7 nitrogen and oxygen atoms in total. The van der Waals surface area contributed by atoms with Crippen molar-refractivity contribution in [3.05, 3.63) is 64.8 Å². The van der Waals surface area contributed by atoms with Gasteiger partial charge in [-0.25, -0.2) is 9.37 Å². The van der Waals surface area contributed by atoms with E-state index in [2.05, 4.69) is 21.7 Å². The van der Waals surface area contributed by atoms with E-state index in [-0.39, 0.29) is 23.5 Å². The lowest BCUT2D eigenvalue weighted by atomic mass is 10.1. The molecule has 1 unspecified atom stereocenters. The highest BCUT2D eigenvalue weighted by Gasteiger charge is 2.45. The van der Waals surface area contributed by atoms with Crippen LogP contribution >= 0.6 is 11.6 Å². The van der Waals surface area contributed by atoms with Gasteiger partial charge in [-0.2, -0.15) is 5.26 Å². The Morgan fingerprint density at radius 2 is 2.10 bits per heavy atom. The second-order valence-electron chi connectivity index (χ2n) is 7.14. The van der Waals surface area contributed by atoms with E-state index in [9.17, 15) is 19.2 Å². The van der Waals surface area contributed by atoms with Crippen LogP contribution in [0.1, 0.15) is 29.1 Å². The van der Waals surface area contributed by atoms with Gasteiger partial charge in [0.15, 0.2) is 11.5 Å². The number of hydrogen-bond acceptors (Lipinski definition) is 5. The molecule has 9 heteroatoms. The summed E-state index contributed by atoms with van der Waals surface area (Å²) in [6.07, 6.45) is 1.02. The Labute approximate surface area is 175 Å². The zero-order chi connectivity index (χ0) is 21.3. The molecule has 0 bridgehead atoms. The quantitative estimate of drug-likeness (QED) is 0.629. The van der Waals surface area contributed by atoms with Gasteiger partial charge in [0.2, 0.25) is 5.91 Å². The van der Waals surface area contributed by atoms with E-state index in [1.807, 2.05) is 0 Å². The molecule has 4 rings (SSSR count). The molecule has 1 aliphatic rings. The molecule has 0 saturated heterocycles. The molecule has 1 heterocycles. The molecule has 2 aromatic carbocycles. The van der Waals surface area contributed by atoms with E-state index in [0.717, 1.165) is 0 Å². The summed E-state index contributed by atoms with van der Waals surface area (Å²) < 4.78 is 18.9. The minimum absolute atomic E-state index is 0.0735. The average Bonchev–Trinajstić information content (AvgIpc) is 3.38. The molecule has 1 atom stereocenters. The summed E-state index contributed by atoms with van der Waals surface area (Å²) in [4.78, 5) is 29.7. The molecule has 1 aliphatic carbocycles. The second-order valence-corrected chi connectivity index (χ2v) is 7.58. The maximum Gasteiger partial charge on any atom is 0.251 e. The van der Waals surface area contributed by atoms with Crippen molar-refractivity contribution in [2.75, 3.05) is 0 Å². The first kappa shape index (κ1) is 19.9. The lowest BCUT2D eigenvalue weighted by molar-refractivity contribution is -0.123. The van der Waals surface area contributed by atoms with E-state index >= 15 is 0 Å². The first-order chi connectivity index (χ1) is 14.4. The Kier molecular flexibility index (Phi) is 5.14. The van der Waals surface area contributed by atoms with Gasteiger partial charge in [-0.15, -0.1) is 0 Å². The third-order valence-corrected chi connectivity index (χ3v) is 5.04. The third-order valence-electron chi connectivity index (χ3n) is 4.81. The fourth-order valence-corrected chi connectivity index (χ4v) is 3.19. The summed E-state index contributed by atoms with van der Waals surface area (Å²) >= 11 is 5.94. The van der Waals surface area contributed by atoms with Crippen LogP contribution in [-0.2, 0) is 11.2 Å². The van der Waals surface area contributed by atoms with Gasteiger partial charge in [0.25, 0.3) is 5.91 Å². The predicted molar refractivity (Wildman–Crippen MR) is 106 cm³/mol. The zero-order valence-electron chi connectivity index (χ0n) is 15.6. The minimum atomic E-state index is -1.06. The summed E-state index contributed by atoms with van der Waals surface area (Å²) in [7, 11) is 0. The van der Waals surface area contributed by atoms with Crippen molar-refractivity contribution in [3.63, 3.8) is 0 Å². The van der Waals surface area contributed by atoms with Crippen molar-refractivity contribution < 1.29 is 18.4 Å². The van der Waals surface area contributed by atoms with Crippen LogP contribution in [0.3, 0.4) is 0 Å². The van der Waals surface area contributed by atoms with Gasteiger partial charge in [-0.3, -0.25) is 9.59 Å². The molecule has 30 heavy (non-hydrogen) atoms. The van der Waals surface area contributed by atoms with Crippen molar-refractivity contribution in [1.82, 2.24) is 15.6 Å².